The van der Waals surface area contributed by atoms with Crippen LogP contribution in [0, 0.1) is 5.41 Å². The Balaban J connectivity index is 1.76. The first-order valence-electron chi connectivity index (χ1n) is 8.20. The standard InChI is InChI=1S/C16H19F6N3O2/c1-10(15(17,18)19)27-12-8-11(2-6-23-12)9-25-13(26)24-7-5-14(3-4-14)16(20,21)22/h2,6,8,10H,3-5,7,9H2,1H3,(H2,24,25,26)/t10-/m0/s1. The molecule has 2 amide bonds. The van der Waals surface area contributed by atoms with E-state index in [9.17, 15) is 31.1 Å². The Bertz CT molecular complexity index is 658. The molecule has 1 aliphatic rings. The van der Waals surface area contributed by atoms with Gasteiger partial charge in [0, 0.05) is 25.4 Å². The number of hydrogen-bond donors (Lipinski definition) is 2. The largest absolute Gasteiger partial charge is 0.465 e. The van der Waals surface area contributed by atoms with Crippen LogP contribution in [0.2, 0.25) is 0 Å². The van der Waals surface area contributed by atoms with E-state index in [0.29, 0.717) is 5.56 Å². The van der Waals surface area contributed by atoms with Gasteiger partial charge in [0.2, 0.25) is 5.88 Å². The Morgan fingerprint density at radius 3 is 2.48 bits per heavy atom. The van der Waals surface area contributed by atoms with Crippen molar-refractivity contribution >= 4 is 6.03 Å². The van der Waals surface area contributed by atoms with Crippen LogP contribution in [0.1, 0.15) is 31.7 Å². The highest BCUT2D eigenvalue weighted by molar-refractivity contribution is 5.73. The van der Waals surface area contributed by atoms with Gasteiger partial charge >= 0.3 is 18.4 Å². The maximum Gasteiger partial charge on any atom is 0.425 e. The van der Waals surface area contributed by atoms with Crippen LogP contribution in [0.3, 0.4) is 0 Å². The third-order valence-corrected chi connectivity index (χ3v) is 4.35. The number of carbonyl (C=O) groups excluding carboxylic acids is 1. The summed E-state index contributed by atoms with van der Waals surface area (Å²) >= 11 is 0. The summed E-state index contributed by atoms with van der Waals surface area (Å²) in [5.41, 5.74) is -1.26. The first-order valence-corrected chi connectivity index (χ1v) is 8.20. The molecule has 0 aliphatic heterocycles. The molecule has 1 saturated carbocycles. The average molecular weight is 399 g/mol. The molecule has 5 nitrogen and oxygen atoms in total. The van der Waals surface area contributed by atoms with E-state index < -0.39 is 29.9 Å². The number of amides is 2. The van der Waals surface area contributed by atoms with Crippen LogP contribution in [-0.4, -0.2) is 36.0 Å². The molecule has 0 saturated heterocycles. The van der Waals surface area contributed by atoms with Crippen molar-refractivity contribution in [2.75, 3.05) is 6.54 Å². The lowest BCUT2D eigenvalue weighted by Gasteiger charge is -2.19. The van der Waals surface area contributed by atoms with E-state index in [-0.39, 0.29) is 38.2 Å². The van der Waals surface area contributed by atoms with Crippen molar-refractivity contribution in [1.82, 2.24) is 15.6 Å². The molecule has 0 radical (unpaired) electrons. The fourth-order valence-corrected chi connectivity index (χ4v) is 2.36. The second-order valence-corrected chi connectivity index (χ2v) is 6.44. The highest BCUT2D eigenvalue weighted by atomic mass is 19.4. The third-order valence-electron chi connectivity index (χ3n) is 4.35. The van der Waals surface area contributed by atoms with Crippen molar-refractivity contribution in [3.8, 4) is 5.88 Å². The lowest BCUT2D eigenvalue weighted by molar-refractivity contribution is -0.190. The predicted octanol–water partition coefficient (Wildman–Crippen LogP) is 3.94. The zero-order valence-corrected chi connectivity index (χ0v) is 14.4. The molecule has 1 aromatic heterocycles. The Labute approximate surface area is 151 Å². The number of rotatable bonds is 7. The van der Waals surface area contributed by atoms with E-state index in [2.05, 4.69) is 15.6 Å². The molecule has 1 aliphatic carbocycles. The van der Waals surface area contributed by atoms with Gasteiger partial charge in [-0.3, -0.25) is 0 Å². The molecule has 0 aromatic carbocycles. The van der Waals surface area contributed by atoms with Gasteiger partial charge in [-0.15, -0.1) is 0 Å². The topological polar surface area (TPSA) is 63.2 Å². The van der Waals surface area contributed by atoms with Gasteiger partial charge in [-0.1, -0.05) is 0 Å². The van der Waals surface area contributed by atoms with Gasteiger partial charge < -0.3 is 15.4 Å². The van der Waals surface area contributed by atoms with Crippen molar-refractivity contribution in [2.45, 2.75) is 51.2 Å². The van der Waals surface area contributed by atoms with Gasteiger partial charge in [-0.05, 0) is 37.8 Å². The van der Waals surface area contributed by atoms with Crippen LogP contribution in [-0.2, 0) is 6.54 Å². The molecule has 152 valence electrons. The van der Waals surface area contributed by atoms with Gasteiger partial charge in [-0.2, -0.15) is 26.3 Å². The molecule has 1 heterocycles. The summed E-state index contributed by atoms with van der Waals surface area (Å²) in [6, 6.07) is 2.04. The molecule has 2 N–H and O–H groups in total. The smallest absolute Gasteiger partial charge is 0.425 e. The summed E-state index contributed by atoms with van der Waals surface area (Å²) in [6.45, 7) is 0.669. The maximum absolute atomic E-state index is 12.8. The first-order chi connectivity index (χ1) is 12.4. The quantitative estimate of drug-likeness (QED) is 0.683. The number of nitrogens with zero attached hydrogens (tertiary/aromatic N) is 1. The molecule has 0 unspecified atom stereocenters. The minimum absolute atomic E-state index is 0.0461. The molecule has 0 bridgehead atoms. The summed E-state index contributed by atoms with van der Waals surface area (Å²) in [5.74, 6) is -0.250. The van der Waals surface area contributed by atoms with Gasteiger partial charge in [0.25, 0.3) is 0 Å². The minimum Gasteiger partial charge on any atom is -0.465 e. The molecule has 1 fully saturated rings. The van der Waals surface area contributed by atoms with Crippen LogP contribution in [0.4, 0.5) is 31.1 Å². The number of carbonyl (C=O) groups is 1. The minimum atomic E-state index is -4.54. The average Bonchev–Trinajstić information content (AvgIpc) is 3.33. The summed E-state index contributed by atoms with van der Waals surface area (Å²) in [7, 11) is 0. The lowest BCUT2D eigenvalue weighted by atomic mass is 10.0. The van der Waals surface area contributed by atoms with Crippen molar-refractivity contribution in [3.63, 3.8) is 0 Å². The SMILES string of the molecule is C[C@H](Oc1cc(CNC(=O)NCCC2(C(F)(F)F)CC2)ccn1)C(F)(F)F. The Morgan fingerprint density at radius 1 is 1.26 bits per heavy atom. The molecule has 11 heteroatoms. The van der Waals surface area contributed by atoms with E-state index >= 15 is 0 Å². The number of pyridine rings is 1. The predicted molar refractivity (Wildman–Crippen MR) is 83.0 cm³/mol. The number of alkyl halides is 6. The molecule has 1 atom stereocenters. The number of hydrogen-bond acceptors (Lipinski definition) is 3. The van der Waals surface area contributed by atoms with Gasteiger partial charge in [0.1, 0.15) is 0 Å². The zero-order valence-electron chi connectivity index (χ0n) is 14.4. The van der Waals surface area contributed by atoms with E-state index in [0.717, 1.165) is 6.92 Å². The zero-order chi connectivity index (χ0) is 20.3. The fourth-order valence-electron chi connectivity index (χ4n) is 2.36. The van der Waals surface area contributed by atoms with Crippen LogP contribution >= 0.6 is 0 Å². The second kappa shape index (κ2) is 7.81. The molecule has 27 heavy (non-hydrogen) atoms. The van der Waals surface area contributed by atoms with Gasteiger partial charge in [0.15, 0.2) is 6.10 Å². The van der Waals surface area contributed by atoms with Crippen molar-refractivity contribution < 1.29 is 35.9 Å². The summed E-state index contributed by atoms with van der Waals surface area (Å²) in [5, 5.41) is 4.76. The Hall–Kier alpha value is -2.20. The molecular formula is C16H19F6N3O2. The number of ether oxygens (including phenoxy) is 1. The second-order valence-electron chi connectivity index (χ2n) is 6.44. The molecule has 0 spiro atoms. The Morgan fingerprint density at radius 2 is 1.93 bits per heavy atom. The number of nitrogens with one attached hydrogen (secondary N) is 2. The monoisotopic (exact) mass is 399 g/mol. The normalized spacial score (nSPS) is 17.1. The maximum atomic E-state index is 12.8. The van der Waals surface area contributed by atoms with Crippen molar-refractivity contribution in [3.05, 3.63) is 23.9 Å². The number of halogens is 6. The van der Waals surface area contributed by atoms with Crippen LogP contribution in [0.25, 0.3) is 0 Å². The third kappa shape index (κ3) is 5.90. The summed E-state index contributed by atoms with van der Waals surface area (Å²) < 4.78 is 80.5. The number of urea groups is 1. The summed E-state index contributed by atoms with van der Waals surface area (Å²) in [4.78, 5) is 15.3. The Kier molecular flexibility index (Phi) is 6.10. The summed E-state index contributed by atoms with van der Waals surface area (Å²) in [6.07, 6.45) is -9.68. The highest BCUT2D eigenvalue weighted by Gasteiger charge is 2.62. The van der Waals surface area contributed by atoms with E-state index in [1.807, 2.05) is 0 Å². The van der Waals surface area contributed by atoms with Crippen molar-refractivity contribution in [2.24, 2.45) is 5.41 Å². The first kappa shape index (κ1) is 21.1. The van der Waals surface area contributed by atoms with E-state index in [1.54, 1.807) is 0 Å². The van der Waals surface area contributed by atoms with Crippen LogP contribution in [0.5, 0.6) is 5.88 Å². The lowest BCUT2D eigenvalue weighted by Crippen LogP contribution is -2.37. The van der Waals surface area contributed by atoms with Gasteiger partial charge in [0.05, 0.1) is 5.41 Å². The van der Waals surface area contributed by atoms with Crippen molar-refractivity contribution in [1.29, 1.82) is 0 Å². The van der Waals surface area contributed by atoms with Crippen LogP contribution < -0.4 is 15.4 Å². The molecular weight excluding hydrogens is 380 g/mol. The molecule has 2 rings (SSSR count). The van der Waals surface area contributed by atoms with E-state index in [1.165, 1.54) is 18.3 Å². The number of aromatic nitrogens is 1. The fraction of sp³-hybridized carbons (Fsp3) is 0.625. The van der Waals surface area contributed by atoms with E-state index in [4.69, 9.17) is 4.74 Å². The van der Waals surface area contributed by atoms with Crippen LogP contribution in [0.15, 0.2) is 18.3 Å². The molecule has 1 aromatic rings. The highest BCUT2D eigenvalue weighted by Crippen LogP contribution is 2.59. The van der Waals surface area contributed by atoms with Gasteiger partial charge in [-0.25, -0.2) is 9.78 Å².